The molecule has 1 amide bonds. The van der Waals surface area contributed by atoms with Gasteiger partial charge in [-0.05, 0) is 18.6 Å². The molecule has 0 saturated heterocycles. The van der Waals surface area contributed by atoms with Crippen molar-refractivity contribution in [2.75, 3.05) is 20.2 Å². The van der Waals surface area contributed by atoms with E-state index in [9.17, 15) is 4.79 Å². The summed E-state index contributed by atoms with van der Waals surface area (Å²) >= 11 is 0. The summed E-state index contributed by atoms with van der Waals surface area (Å²) in [5.74, 6) is 0.558. The van der Waals surface area contributed by atoms with E-state index in [4.69, 9.17) is 4.74 Å². The Balaban J connectivity index is 1.80. The summed E-state index contributed by atoms with van der Waals surface area (Å²) in [5.41, 5.74) is 2.43. The second kappa shape index (κ2) is 5.87. The van der Waals surface area contributed by atoms with Crippen LogP contribution in [0.4, 0.5) is 0 Å². The van der Waals surface area contributed by atoms with Crippen LogP contribution < -0.4 is 4.74 Å². The Kier molecular flexibility index (Phi) is 3.77. The van der Waals surface area contributed by atoms with E-state index < -0.39 is 0 Å². The van der Waals surface area contributed by atoms with Gasteiger partial charge >= 0.3 is 0 Å². The van der Waals surface area contributed by atoms with Crippen LogP contribution in [-0.2, 0) is 12.8 Å². The zero-order valence-corrected chi connectivity index (χ0v) is 11.8. The average Bonchev–Trinajstić information content (AvgIpc) is 2.77. The Hall–Kier alpha value is -2.50. The van der Waals surface area contributed by atoms with E-state index in [1.165, 1.54) is 6.33 Å². The van der Waals surface area contributed by atoms with Gasteiger partial charge in [-0.1, -0.05) is 6.07 Å². The fraction of sp³-hybridized carbons (Fsp3) is 0.333. The van der Waals surface area contributed by atoms with Gasteiger partial charge in [0.2, 0.25) is 5.88 Å². The third kappa shape index (κ3) is 2.69. The molecule has 0 radical (unpaired) electrons. The van der Waals surface area contributed by atoms with Crippen LogP contribution in [0.2, 0.25) is 0 Å². The molecule has 108 valence electrons. The molecule has 3 rings (SSSR count). The van der Waals surface area contributed by atoms with Crippen molar-refractivity contribution in [2.45, 2.75) is 12.8 Å². The summed E-state index contributed by atoms with van der Waals surface area (Å²) in [5, 5.41) is 0. The number of aromatic nitrogens is 3. The number of rotatable bonds is 2. The minimum Gasteiger partial charge on any atom is -0.481 e. The van der Waals surface area contributed by atoms with Crippen LogP contribution in [0.1, 0.15) is 21.7 Å². The number of amides is 1. The highest BCUT2D eigenvalue weighted by Gasteiger charge is 2.23. The normalized spacial score (nSPS) is 14.2. The van der Waals surface area contributed by atoms with Crippen molar-refractivity contribution in [1.29, 1.82) is 0 Å². The van der Waals surface area contributed by atoms with Gasteiger partial charge in [0.1, 0.15) is 12.0 Å². The fourth-order valence-corrected chi connectivity index (χ4v) is 2.53. The van der Waals surface area contributed by atoms with Crippen LogP contribution in [0.3, 0.4) is 0 Å². The van der Waals surface area contributed by atoms with Crippen LogP contribution in [0, 0.1) is 0 Å². The van der Waals surface area contributed by atoms with Crippen LogP contribution in [0.25, 0.3) is 0 Å². The molecule has 0 fully saturated rings. The minimum atomic E-state index is -0.0460. The van der Waals surface area contributed by atoms with Gasteiger partial charge in [0.05, 0.1) is 12.8 Å². The van der Waals surface area contributed by atoms with E-state index in [0.717, 1.165) is 11.3 Å². The van der Waals surface area contributed by atoms with Crippen molar-refractivity contribution >= 4 is 5.91 Å². The molecule has 0 N–H and O–H groups in total. The molecule has 6 heteroatoms. The molecule has 0 spiro atoms. The van der Waals surface area contributed by atoms with E-state index in [0.29, 0.717) is 37.5 Å². The van der Waals surface area contributed by atoms with Gasteiger partial charge < -0.3 is 9.64 Å². The zero-order valence-electron chi connectivity index (χ0n) is 11.8. The van der Waals surface area contributed by atoms with Crippen molar-refractivity contribution in [2.24, 2.45) is 0 Å². The Morgan fingerprint density at radius 2 is 2.05 bits per heavy atom. The number of fused-ring (bicyclic) bond motifs is 1. The summed E-state index contributed by atoms with van der Waals surface area (Å²) < 4.78 is 5.28. The lowest BCUT2D eigenvalue weighted by molar-refractivity contribution is 0.0757. The molecule has 1 aliphatic rings. The second-order valence-corrected chi connectivity index (χ2v) is 4.82. The van der Waals surface area contributed by atoms with Crippen molar-refractivity contribution < 1.29 is 9.53 Å². The van der Waals surface area contributed by atoms with Gasteiger partial charge in [0.15, 0.2) is 0 Å². The largest absolute Gasteiger partial charge is 0.481 e. The quantitative estimate of drug-likeness (QED) is 0.826. The minimum absolute atomic E-state index is 0.0460. The molecule has 3 heterocycles. The van der Waals surface area contributed by atoms with E-state index in [1.54, 1.807) is 25.4 Å². The molecule has 2 aromatic heterocycles. The van der Waals surface area contributed by atoms with Crippen molar-refractivity contribution in [3.05, 3.63) is 47.7 Å². The number of ether oxygens (including phenoxy) is 1. The van der Waals surface area contributed by atoms with Gasteiger partial charge in [0.25, 0.3) is 5.91 Å². The maximum absolute atomic E-state index is 12.5. The molecule has 2 aromatic rings. The zero-order chi connectivity index (χ0) is 14.7. The first-order chi connectivity index (χ1) is 10.3. The molecule has 6 nitrogen and oxygen atoms in total. The third-order valence-corrected chi connectivity index (χ3v) is 3.61. The smallest absolute Gasteiger partial charge is 0.272 e. The predicted octanol–water partition coefficient (Wildman–Crippen LogP) is 1.12. The number of carbonyl (C=O) groups excluding carboxylic acids is 1. The molecule has 0 unspecified atom stereocenters. The number of hydrogen-bond acceptors (Lipinski definition) is 5. The molecular weight excluding hydrogens is 268 g/mol. The van der Waals surface area contributed by atoms with E-state index in [2.05, 4.69) is 15.0 Å². The summed E-state index contributed by atoms with van der Waals surface area (Å²) in [6.07, 6.45) is 4.53. The number of hydrogen-bond donors (Lipinski definition) is 0. The van der Waals surface area contributed by atoms with Gasteiger partial charge in [-0.2, -0.15) is 0 Å². The standard InChI is InChI=1S/C15H16N4O2/c1-21-14-11-5-8-19(9-6-12(11)17-10-18-14)15(20)13-4-2-3-7-16-13/h2-4,7,10H,5-6,8-9H2,1H3. The van der Waals surface area contributed by atoms with Gasteiger partial charge in [-0.25, -0.2) is 9.97 Å². The summed E-state index contributed by atoms with van der Waals surface area (Å²) in [6.45, 7) is 1.24. The van der Waals surface area contributed by atoms with Crippen molar-refractivity contribution in [3.8, 4) is 5.88 Å². The monoisotopic (exact) mass is 284 g/mol. The molecule has 1 aliphatic heterocycles. The highest BCUT2D eigenvalue weighted by Crippen LogP contribution is 2.22. The van der Waals surface area contributed by atoms with Crippen LogP contribution in [-0.4, -0.2) is 46.0 Å². The first kappa shape index (κ1) is 13.5. The molecule has 0 atom stereocenters. The van der Waals surface area contributed by atoms with E-state index in [-0.39, 0.29) is 5.91 Å². The summed E-state index contributed by atoms with van der Waals surface area (Å²) in [4.78, 5) is 26.8. The first-order valence-corrected chi connectivity index (χ1v) is 6.86. The highest BCUT2D eigenvalue weighted by atomic mass is 16.5. The third-order valence-electron chi connectivity index (χ3n) is 3.61. The Bertz CT molecular complexity index is 645. The number of carbonyl (C=O) groups is 1. The van der Waals surface area contributed by atoms with Gasteiger partial charge in [-0.3, -0.25) is 9.78 Å². The Morgan fingerprint density at radius 1 is 1.19 bits per heavy atom. The molecule has 0 aliphatic carbocycles. The lowest BCUT2D eigenvalue weighted by Gasteiger charge is -2.19. The number of nitrogens with zero attached hydrogens (tertiary/aromatic N) is 4. The summed E-state index contributed by atoms with van der Waals surface area (Å²) in [7, 11) is 1.60. The lowest BCUT2D eigenvalue weighted by Crippen LogP contribution is -2.33. The van der Waals surface area contributed by atoms with E-state index >= 15 is 0 Å². The fourth-order valence-electron chi connectivity index (χ4n) is 2.53. The molecular formula is C15H16N4O2. The summed E-state index contributed by atoms with van der Waals surface area (Å²) in [6, 6.07) is 5.36. The average molecular weight is 284 g/mol. The highest BCUT2D eigenvalue weighted by molar-refractivity contribution is 5.92. The number of pyridine rings is 1. The predicted molar refractivity (Wildman–Crippen MR) is 76.1 cm³/mol. The Labute approximate surface area is 122 Å². The van der Waals surface area contributed by atoms with Crippen LogP contribution in [0.5, 0.6) is 5.88 Å². The van der Waals surface area contributed by atoms with Gasteiger partial charge in [0, 0.05) is 31.3 Å². The van der Waals surface area contributed by atoms with Gasteiger partial charge in [-0.15, -0.1) is 0 Å². The Morgan fingerprint density at radius 3 is 2.81 bits per heavy atom. The second-order valence-electron chi connectivity index (χ2n) is 4.82. The van der Waals surface area contributed by atoms with E-state index in [1.807, 2.05) is 11.0 Å². The first-order valence-electron chi connectivity index (χ1n) is 6.86. The lowest BCUT2D eigenvalue weighted by atomic mass is 10.1. The molecule has 21 heavy (non-hydrogen) atoms. The topological polar surface area (TPSA) is 68.2 Å². The maximum Gasteiger partial charge on any atom is 0.272 e. The molecule has 0 saturated carbocycles. The van der Waals surface area contributed by atoms with Crippen LogP contribution in [0.15, 0.2) is 30.7 Å². The van der Waals surface area contributed by atoms with Crippen molar-refractivity contribution in [3.63, 3.8) is 0 Å². The molecule has 0 bridgehead atoms. The SMILES string of the molecule is COc1ncnc2c1CCN(C(=O)c1ccccn1)CC2. The molecule has 0 aromatic carbocycles. The number of methoxy groups -OCH3 is 1. The van der Waals surface area contributed by atoms with Crippen molar-refractivity contribution in [1.82, 2.24) is 19.9 Å². The van der Waals surface area contributed by atoms with Crippen LogP contribution >= 0.6 is 0 Å². The maximum atomic E-state index is 12.5.